The van der Waals surface area contributed by atoms with Crippen molar-refractivity contribution in [2.24, 2.45) is 0 Å². The number of rotatable bonds is 5. The molecule has 26 heavy (non-hydrogen) atoms. The van der Waals surface area contributed by atoms with Gasteiger partial charge < -0.3 is 4.98 Å². The third-order valence-electron chi connectivity index (χ3n) is 3.62. The molecule has 5 nitrogen and oxygen atoms in total. The zero-order chi connectivity index (χ0) is 18.9. The van der Waals surface area contributed by atoms with E-state index in [1.807, 2.05) is 6.92 Å². The average molecular weight is 403 g/mol. The van der Waals surface area contributed by atoms with Crippen LogP contribution in [-0.2, 0) is 12.7 Å². The summed E-state index contributed by atoms with van der Waals surface area (Å²) in [7, 11) is 0. The molecule has 1 N–H and O–H groups in total. The number of thioether (sulfide) groups is 1. The van der Waals surface area contributed by atoms with Gasteiger partial charge in [0.05, 0.1) is 12.1 Å². The number of alkyl halides is 3. The van der Waals surface area contributed by atoms with Gasteiger partial charge in [0, 0.05) is 5.75 Å². The molecule has 1 aromatic carbocycles. The van der Waals surface area contributed by atoms with Gasteiger partial charge in [0.2, 0.25) is 0 Å². The van der Waals surface area contributed by atoms with Gasteiger partial charge in [-0.15, -0.1) is 0 Å². The molecular formula is C16H14ClF3N4OS. The van der Waals surface area contributed by atoms with Crippen LogP contribution in [0.2, 0.25) is 5.15 Å². The lowest BCUT2D eigenvalue weighted by atomic mass is 10.1. The fraction of sp³-hybridized carbons (Fsp3) is 0.312. The van der Waals surface area contributed by atoms with E-state index in [-0.39, 0.29) is 11.7 Å². The van der Waals surface area contributed by atoms with Gasteiger partial charge in [0.25, 0.3) is 0 Å². The number of nitrogens with one attached hydrogen (secondary N) is 1. The molecular weight excluding hydrogens is 389 g/mol. The smallest absolute Gasteiger partial charge is 0.302 e. The van der Waals surface area contributed by atoms with E-state index in [2.05, 4.69) is 15.0 Å². The molecule has 0 saturated heterocycles. The molecule has 0 unspecified atom stereocenters. The minimum Gasteiger partial charge on any atom is -0.302 e. The van der Waals surface area contributed by atoms with E-state index in [9.17, 15) is 18.0 Å². The van der Waals surface area contributed by atoms with Crippen molar-refractivity contribution in [2.75, 3.05) is 5.75 Å². The highest BCUT2D eigenvalue weighted by Gasteiger charge is 2.30. The highest BCUT2D eigenvalue weighted by atomic mass is 35.5. The Bertz CT molecular complexity index is 982. The molecule has 2 heterocycles. The van der Waals surface area contributed by atoms with Crippen LogP contribution in [0.4, 0.5) is 13.2 Å². The number of aromatic amines is 1. The molecule has 10 heteroatoms. The summed E-state index contributed by atoms with van der Waals surface area (Å²) in [4.78, 5) is 23.4. The molecule has 0 saturated carbocycles. The van der Waals surface area contributed by atoms with Crippen molar-refractivity contribution in [3.8, 4) is 0 Å². The summed E-state index contributed by atoms with van der Waals surface area (Å²) < 4.78 is 39.3. The van der Waals surface area contributed by atoms with Gasteiger partial charge in [0.1, 0.15) is 5.52 Å². The molecule has 2 aromatic heterocycles. The second kappa shape index (κ2) is 7.32. The monoisotopic (exact) mass is 402 g/mol. The van der Waals surface area contributed by atoms with Crippen molar-refractivity contribution >= 4 is 34.5 Å². The van der Waals surface area contributed by atoms with Crippen LogP contribution in [0.1, 0.15) is 24.5 Å². The Morgan fingerprint density at radius 2 is 1.92 bits per heavy atom. The van der Waals surface area contributed by atoms with Crippen molar-refractivity contribution in [2.45, 2.75) is 31.2 Å². The van der Waals surface area contributed by atoms with Gasteiger partial charge in [0.15, 0.2) is 16.0 Å². The van der Waals surface area contributed by atoms with E-state index < -0.39 is 17.4 Å². The zero-order valence-electron chi connectivity index (χ0n) is 13.6. The van der Waals surface area contributed by atoms with Crippen LogP contribution in [0.15, 0.2) is 34.2 Å². The van der Waals surface area contributed by atoms with Crippen molar-refractivity contribution in [3.63, 3.8) is 0 Å². The van der Waals surface area contributed by atoms with Crippen LogP contribution in [-0.4, -0.2) is 25.3 Å². The predicted molar refractivity (Wildman–Crippen MR) is 94.7 cm³/mol. The van der Waals surface area contributed by atoms with Gasteiger partial charge in [-0.3, -0.25) is 4.57 Å². The third kappa shape index (κ3) is 3.88. The number of halogens is 4. The van der Waals surface area contributed by atoms with Crippen molar-refractivity contribution in [3.05, 3.63) is 51.0 Å². The maximum absolute atomic E-state index is 12.7. The average Bonchev–Trinajstić information content (AvgIpc) is 2.89. The lowest BCUT2D eigenvalue weighted by Gasteiger charge is -2.08. The molecule has 3 rings (SSSR count). The summed E-state index contributed by atoms with van der Waals surface area (Å²) in [6.07, 6.45) is -3.47. The summed E-state index contributed by atoms with van der Waals surface area (Å²) >= 11 is 7.54. The molecule has 138 valence electrons. The van der Waals surface area contributed by atoms with E-state index in [0.717, 1.165) is 24.3 Å². The quantitative estimate of drug-likeness (QED) is 0.391. The van der Waals surface area contributed by atoms with Gasteiger partial charge in [-0.05, 0) is 24.1 Å². The number of fused-ring (bicyclic) bond motifs is 1. The van der Waals surface area contributed by atoms with Crippen molar-refractivity contribution < 1.29 is 13.2 Å². The Morgan fingerprint density at radius 3 is 2.54 bits per heavy atom. The van der Waals surface area contributed by atoms with Crippen LogP contribution in [0.5, 0.6) is 0 Å². The highest BCUT2D eigenvalue weighted by Crippen LogP contribution is 2.29. The minimum atomic E-state index is -4.40. The minimum absolute atomic E-state index is 0.0716. The fourth-order valence-corrected chi connectivity index (χ4v) is 3.32. The second-order valence-corrected chi connectivity index (χ2v) is 6.98. The summed E-state index contributed by atoms with van der Waals surface area (Å²) in [5.41, 5.74) is -0.0127. The first-order valence-corrected chi connectivity index (χ1v) is 9.11. The number of hydrogen-bond donors (Lipinski definition) is 1. The first-order chi connectivity index (χ1) is 12.3. The Labute approximate surface area is 155 Å². The summed E-state index contributed by atoms with van der Waals surface area (Å²) in [5, 5.41) is 0.585. The SMILES string of the molecule is CCCSc1nc(Cl)c2[nH]c(=O)n(Cc3ccc(C(F)(F)F)cc3)c2n1. The highest BCUT2D eigenvalue weighted by molar-refractivity contribution is 7.99. The molecule has 0 atom stereocenters. The lowest BCUT2D eigenvalue weighted by Crippen LogP contribution is -2.18. The molecule has 0 aliphatic carbocycles. The number of hydrogen-bond acceptors (Lipinski definition) is 4. The van der Waals surface area contributed by atoms with Crippen LogP contribution in [0, 0.1) is 0 Å². The zero-order valence-corrected chi connectivity index (χ0v) is 15.2. The predicted octanol–water partition coefficient (Wildman–Crippen LogP) is 4.34. The fourth-order valence-electron chi connectivity index (χ4n) is 2.36. The molecule has 0 radical (unpaired) electrons. The summed E-state index contributed by atoms with van der Waals surface area (Å²) in [6, 6.07) is 4.65. The van der Waals surface area contributed by atoms with Crippen molar-refractivity contribution in [1.82, 2.24) is 19.5 Å². The Kier molecular flexibility index (Phi) is 5.29. The van der Waals surface area contributed by atoms with Crippen LogP contribution in [0.3, 0.4) is 0 Å². The molecule has 0 spiro atoms. The van der Waals surface area contributed by atoms with E-state index in [0.29, 0.717) is 21.9 Å². The van der Waals surface area contributed by atoms with E-state index in [1.165, 1.54) is 28.5 Å². The summed E-state index contributed by atoms with van der Waals surface area (Å²) in [5.74, 6) is 0.801. The first kappa shape index (κ1) is 18.8. The molecule has 0 amide bonds. The largest absolute Gasteiger partial charge is 0.416 e. The lowest BCUT2D eigenvalue weighted by molar-refractivity contribution is -0.137. The number of aromatic nitrogens is 4. The van der Waals surface area contributed by atoms with Gasteiger partial charge in [-0.1, -0.05) is 42.4 Å². The van der Waals surface area contributed by atoms with Crippen molar-refractivity contribution in [1.29, 1.82) is 0 Å². The standard InChI is InChI=1S/C16H14ClF3N4OS/c1-2-7-26-14-22-12(17)11-13(23-14)24(15(25)21-11)8-9-3-5-10(6-4-9)16(18,19)20/h3-6H,2,7-8H2,1H3,(H,21,25). The van der Waals surface area contributed by atoms with Gasteiger partial charge >= 0.3 is 11.9 Å². The molecule has 0 bridgehead atoms. The maximum Gasteiger partial charge on any atom is 0.416 e. The second-order valence-electron chi connectivity index (χ2n) is 5.56. The maximum atomic E-state index is 12.7. The normalized spacial score (nSPS) is 12.0. The van der Waals surface area contributed by atoms with Crippen LogP contribution < -0.4 is 5.69 Å². The summed E-state index contributed by atoms with van der Waals surface area (Å²) in [6.45, 7) is 2.09. The number of imidazole rings is 1. The van der Waals surface area contributed by atoms with Crippen LogP contribution in [0.25, 0.3) is 11.2 Å². The molecule has 0 aliphatic heterocycles. The Morgan fingerprint density at radius 1 is 1.23 bits per heavy atom. The van der Waals surface area contributed by atoms with E-state index in [4.69, 9.17) is 11.6 Å². The number of nitrogens with zero attached hydrogens (tertiary/aromatic N) is 3. The van der Waals surface area contributed by atoms with E-state index >= 15 is 0 Å². The molecule has 3 aromatic rings. The Balaban J connectivity index is 1.98. The topological polar surface area (TPSA) is 63.6 Å². The van der Waals surface area contributed by atoms with E-state index in [1.54, 1.807) is 0 Å². The van der Waals surface area contributed by atoms with Gasteiger partial charge in [-0.25, -0.2) is 14.8 Å². The number of H-pyrrole nitrogens is 1. The number of benzene rings is 1. The van der Waals surface area contributed by atoms with Crippen LogP contribution >= 0.6 is 23.4 Å². The first-order valence-electron chi connectivity index (χ1n) is 7.74. The molecule has 0 fully saturated rings. The molecule has 0 aliphatic rings. The Hall–Kier alpha value is -2.00. The third-order valence-corrected chi connectivity index (χ3v) is 4.94. The van der Waals surface area contributed by atoms with Gasteiger partial charge in [-0.2, -0.15) is 13.2 Å².